The molecule has 1 heterocycles. The number of aryl methyl sites for hydroxylation is 1. The molecular weight excluding hydrogens is 264 g/mol. The SMILES string of the molecule is COc1c(C)cnc(CC(O)c2ccc(C#N)cc2)c1C. The quantitative estimate of drug-likeness (QED) is 0.936. The fourth-order valence-electron chi connectivity index (χ4n) is 2.36. The number of rotatable bonds is 4. The highest BCUT2D eigenvalue weighted by Gasteiger charge is 2.15. The minimum Gasteiger partial charge on any atom is -0.496 e. The molecule has 1 aromatic carbocycles. The largest absolute Gasteiger partial charge is 0.496 e. The molecule has 0 aliphatic rings. The lowest BCUT2D eigenvalue weighted by molar-refractivity contribution is 0.177. The Morgan fingerprint density at radius 3 is 2.52 bits per heavy atom. The van der Waals surface area contributed by atoms with Crippen LogP contribution in [-0.4, -0.2) is 17.2 Å². The number of ether oxygens (including phenoxy) is 1. The molecule has 21 heavy (non-hydrogen) atoms. The fraction of sp³-hybridized carbons (Fsp3) is 0.294. The number of benzene rings is 1. The molecule has 0 spiro atoms. The van der Waals surface area contributed by atoms with Crippen molar-refractivity contribution in [1.82, 2.24) is 4.98 Å². The van der Waals surface area contributed by atoms with Crippen molar-refractivity contribution in [2.45, 2.75) is 26.4 Å². The van der Waals surface area contributed by atoms with E-state index in [2.05, 4.69) is 11.1 Å². The van der Waals surface area contributed by atoms with Crippen molar-refractivity contribution in [2.24, 2.45) is 0 Å². The summed E-state index contributed by atoms with van der Waals surface area (Å²) >= 11 is 0. The molecule has 0 aliphatic carbocycles. The van der Waals surface area contributed by atoms with Gasteiger partial charge in [0.1, 0.15) is 5.75 Å². The maximum absolute atomic E-state index is 10.3. The van der Waals surface area contributed by atoms with Gasteiger partial charge in [-0.25, -0.2) is 0 Å². The standard InChI is InChI=1S/C17H18N2O2/c1-11-10-19-15(12(2)17(11)21-3)8-16(20)14-6-4-13(9-18)5-7-14/h4-7,10,16,20H,8H2,1-3H3. The molecule has 0 saturated heterocycles. The summed E-state index contributed by atoms with van der Waals surface area (Å²) in [7, 11) is 1.64. The fourth-order valence-corrected chi connectivity index (χ4v) is 2.36. The summed E-state index contributed by atoms with van der Waals surface area (Å²) in [5.41, 5.74) is 4.10. The number of aliphatic hydroxyl groups is 1. The van der Waals surface area contributed by atoms with E-state index in [9.17, 15) is 5.11 Å². The van der Waals surface area contributed by atoms with Crippen molar-refractivity contribution < 1.29 is 9.84 Å². The molecule has 1 aromatic heterocycles. The van der Waals surface area contributed by atoms with Crippen molar-refractivity contribution >= 4 is 0 Å². The Morgan fingerprint density at radius 2 is 1.95 bits per heavy atom. The van der Waals surface area contributed by atoms with Crippen molar-refractivity contribution in [3.63, 3.8) is 0 Å². The Balaban J connectivity index is 2.23. The van der Waals surface area contributed by atoms with Crippen LogP contribution in [0.4, 0.5) is 0 Å². The monoisotopic (exact) mass is 282 g/mol. The number of hydrogen-bond acceptors (Lipinski definition) is 4. The van der Waals surface area contributed by atoms with Gasteiger partial charge in [-0.2, -0.15) is 5.26 Å². The minimum absolute atomic E-state index is 0.411. The van der Waals surface area contributed by atoms with E-state index in [1.807, 2.05) is 13.8 Å². The summed E-state index contributed by atoms with van der Waals surface area (Å²) in [5.74, 6) is 0.812. The molecule has 2 aromatic rings. The summed E-state index contributed by atoms with van der Waals surface area (Å²) in [6, 6.07) is 9.00. The second-order valence-corrected chi connectivity index (χ2v) is 5.00. The lowest BCUT2D eigenvalue weighted by Crippen LogP contribution is -2.07. The minimum atomic E-state index is -0.656. The maximum atomic E-state index is 10.3. The van der Waals surface area contributed by atoms with Crippen LogP contribution in [0.3, 0.4) is 0 Å². The normalized spacial score (nSPS) is 11.8. The molecular formula is C17H18N2O2. The van der Waals surface area contributed by atoms with Crippen LogP contribution in [0.1, 0.15) is 34.1 Å². The predicted octanol–water partition coefficient (Wildman–Crippen LogP) is 2.85. The summed E-state index contributed by atoms with van der Waals surface area (Å²) in [5, 5.41) is 19.1. The van der Waals surface area contributed by atoms with Gasteiger partial charge < -0.3 is 9.84 Å². The average Bonchev–Trinajstić information content (AvgIpc) is 2.50. The van der Waals surface area contributed by atoms with Crippen LogP contribution in [0.15, 0.2) is 30.5 Å². The van der Waals surface area contributed by atoms with E-state index < -0.39 is 6.10 Å². The number of nitriles is 1. The van der Waals surface area contributed by atoms with Gasteiger partial charge >= 0.3 is 0 Å². The van der Waals surface area contributed by atoms with Crippen LogP contribution in [0, 0.1) is 25.2 Å². The van der Waals surface area contributed by atoms with E-state index in [0.29, 0.717) is 12.0 Å². The number of methoxy groups -OCH3 is 1. The number of pyridine rings is 1. The molecule has 0 radical (unpaired) electrons. The van der Waals surface area contributed by atoms with Gasteiger partial charge in [0.2, 0.25) is 0 Å². The Morgan fingerprint density at radius 1 is 1.29 bits per heavy atom. The van der Waals surface area contributed by atoms with Gasteiger partial charge in [0.15, 0.2) is 0 Å². The average molecular weight is 282 g/mol. The van der Waals surface area contributed by atoms with Crippen LogP contribution in [0.2, 0.25) is 0 Å². The highest BCUT2D eigenvalue weighted by atomic mass is 16.5. The number of aromatic nitrogens is 1. The zero-order valence-electron chi connectivity index (χ0n) is 12.4. The van der Waals surface area contributed by atoms with Crippen LogP contribution in [0.5, 0.6) is 5.75 Å². The number of hydrogen-bond donors (Lipinski definition) is 1. The van der Waals surface area contributed by atoms with Crippen molar-refractivity contribution in [3.05, 3.63) is 58.4 Å². The molecule has 1 unspecified atom stereocenters. The molecule has 0 amide bonds. The topological polar surface area (TPSA) is 66.1 Å². The Hall–Kier alpha value is -2.38. The van der Waals surface area contributed by atoms with Crippen LogP contribution >= 0.6 is 0 Å². The molecule has 1 atom stereocenters. The second-order valence-electron chi connectivity index (χ2n) is 5.00. The van der Waals surface area contributed by atoms with Crippen molar-refractivity contribution in [1.29, 1.82) is 5.26 Å². The third-order valence-corrected chi connectivity index (χ3v) is 3.56. The predicted molar refractivity (Wildman–Crippen MR) is 80.1 cm³/mol. The van der Waals surface area contributed by atoms with Gasteiger partial charge in [-0.3, -0.25) is 4.98 Å². The van der Waals surface area contributed by atoms with Gasteiger partial charge in [-0.15, -0.1) is 0 Å². The molecule has 2 rings (SSSR count). The molecule has 4 heteroatoms. The molecule has 1 N–H and O–H groups in total. The molecule has 4 nitrogen and oxygen atoms in total. The van der Waals surface area contributed by atoms with Crippen molar-refractivity contribution in [2.75, 3.05) is 7.11 Å². The van der Waals surface area contributed by atoms with E-state index in [0.717, 1.165) is 28.1 Å². The van der Waals surface area contributed by atoms with E-state index in [4.69, 9.17) is 10.00 Å². The first-order valence-electron chi connectivity index (χ1n) is 6.74. The van der Waals surface area contributed by atoms with E-state index in [1.54, 1.807) is 37.6 Å². The molecule has 0 fully saturated rings. The van der Waals surface area contributed by atoms with Gasteiger partial charge in [-0.05, 0) is 31.5 Å². The van der Waals surface area contributed by atoms with E-state index in [1.165, 1.54) is 0 Å². The Kier molecular flexibility index (Phi) is 4.56. The highest BCUT2D eigenvalue weighted by Crippen LogP contribution is 2.27. The zero-order chi connectivity index (χ0) is 15.4. The third kappa shape index (κ3) is 3.21. The van der Waals surface area contributed by atoms with E-state index >= 15 is 0 Å². The molecule has 0 saturated carbocycles. The molecule has 108 valence electrons. The number of aliphatic hydroxyl groups excluding tert-OH is 1. The Bertz CT molecular complexity index is 672. The maximum Gasteiger partial charge on any atom is 0.128 e. The summed E-state index contributed by atoms with van der Waals surface area (Å²) in [4.78, 5) is 4.39. The van der Waals surface area contributed by atoms with Gasteiger partial charge in [0, 0.05) is 29.4 Å². The first kappa shape index (κ1) is 15.0. The van der Waals surface area contributed by atoms with Crippen LogP contribution in [0.25, 0.3) is 0 Å². The van der Waals surface area contributed by atoms with Crippen LogP contribution < -0.4 is 4.74 Å². The third-order valence-electron chi connectivity index (χ3n) is 3.56. The molecule has 0 bridgehead atoms. The lowest BCUT2D eigenvalue weighted by Gasteiger charge is -2.15. The van der Waals surface area contributed by atoms with Gasteiger partial charge in [-0.1, -0.05) is 12.1 Å². The smallest absolute Gasteiger partial charge is 0.128 e. The first-order valence-corrected chi connectivity index (χ1v) is 6.74. The van der Waals surface area contributed by atoms with E-state index in [-0.39, 0.29) is 0 Å². The zero-order valence-corrected chi connectivity index (χ0v) is 12.4. The molecule has 0 aliphatic heterocycles. The van der Waals surface area contributed by atoms with Gasteiger partial charge in [0.25, 0.3) is 0 Å². The Labute approximate surface area is 124 Å². The second kappa shape index (κ2) is 6.38. The van der Waals surface area contributed by atoms with Gasteiger partial charge in [0.05, 0.1) is 24.8 Å². The number of nitrogens with zero attached hydrogens (tertiary/aromatic N) is 2. The summed E-state index contributed by atoms with van der Waals surface area (Å²) < 4.78 is 5.38. The lowest BCUT2D eigenvalue weighted by atomic mass is 10.00. The summed E-state index contributed by atoms with van der Waals surface area (Å²) in [6.07, 6.45) is 1.51. The van der Waals surface area contributed by atoms with Crippen LogP contribution in [-0.2, 0) is 6.42 Å². The highest BCUT2D eigenvalue weighted by molar-refractivity contribution is 5.41. The van der Waals surface area contributed by atoms with Crippen molar-refractivity contribution in [3.8, 4) is 11.8 Å². The first-order chi connectivity index (χ1) is 10.1. The summed E-state index contributed by atoms with van der Waals surface area (Å²) in [6.45, 7) is 3.89.